The van der Waals surface area contributed by atoms with Crippen LogP contribution in [0.5, 0.6) is 5.75 Å². The summed E-state index contributed by atoms with van der Waals surface area (Å²) in [5, 5.41) is 2.77. The van der Waals surface area contributed by atoms with Gasteiger partial charge >= 0.3 is 0 Å². The molecule has 0 saturated heterocycles. The van der Waals surface area contributed by atoms with Crippen molar-refractivity contribution in [1.82, 2.24) is 5.32 Å². The van der Waals surface area contributed by atoms with E-state index in [9.17, 15) is 9.18 Å². The summed E-state index contributed by atoms with van der Waals surface area (Å²) in [5.41, 5.74) is 0.317. The molecule has 0 fully saturated rings. The van der Waals surface area contributed by atoms with Crippen molar-refractivity contribution >= 4 is 5.91 Å². The Balaban J connectivity index is 2.64. The van der Waals surface area contributed by atoms with E-state index in [0.717, 1.165) is 6.42 Å². The number of amides is 1. The number of hydrogen-bond donors (Lipinski definition) is 1. The summed E-state index contributed by atoms with van der Waals surface area (Å²) in [4.78, 5) is 11.8. The fraction of sp³-hybridized carbons (Fsp3) is 0.533. The molecule has 0 saturated carbocycles. The van der Waals surface area contributed by atoms with E-state index in [4.69, 9.17) is 4.74 Å². The van der Waals surface area contributed by atoms with Gasteiger partial charge in [-0.2, -0.15) is 0 Å². The largest absolute Gasteiger partial charge is 0.488 e. The number of rotatable bonds is 6. The third-order valence-corrected chi connectivity index (χ3v) is 2.56. The van der Waals surface area contributed by atoms with E-state index in [0.29, 0.717) is 18.0 Å². The number of ether oxygens (including phenoxy) is 1. The minimum Gasteiger partial charge on any atom is -0.488 e. The highest BCUT2D eigenvalue weighted by Crippen LogP contribution is 2.19. The van der Waals surface area contributed by atoms with E-state index in [1.807, 2.05) is 13.8 Å². The smallest absolute Gasteiger partial charge is 0.251 e. The Morgan fingerprint density at radius 2 is 2.00 bits per heavy atom. The van der Waals surface area contributed by atoms with Gasteiger partial charge in [0.15, 0.2) is 11.6 Å². The lowest BCUT2D eigenvalue weighted by molar-refractivity contribution is 0.0951. The monoisotopic (exact) mass is 267 g/mol. The highest BCUT2D eigenvalue weighted by Gasteiger charge is 2.11. The molecule has 0 aliphatic rings. The Kier molecular flexibility index (Phi) is 5.80. The molecule has 19 heavy (non-hydrogen) atoms. The van der Waals surface area contributed by atoms with E-state index in [-0.39, 0.29) is 17.8 Å². The lowest BCUT2D eigenvalue weighted by atomic mass is 10.1. The molecule has 0 unspecified atom stereocenters. The van der Waals surface area contributed by atoms with Crippen molar-refractivity contribution < 1.29 is 13.9 Å². The number of carbonyl (C=O) groups is 1. The first-order chi connectivity index (χ1) is 8.90. The zero-order valence-electron chi connectivity index (χ0n) is 12.0. The summed E-state index contributed by atoms with van der Waals surface area (Å²) in [6, 6.07) is 4.28. The quantitative estimate of drug-likeness (QED) is 0.858. The van der Waals surface area contributed by atoms with Crippen molar-refractivity contribution in [2.75, 3.05) is 6.54 Å². The molecule has 0 aliphatic carbocycles. The third kappa shape index (κ3) is 5.28. The first-order valence-corrected chi connectivity index (χ1v) is 6.64. The van der Waals surface area contributed by atoms with Crippen molar-refractivity contribution in [3.63, 3.8) is 0 Å². The van der Waals surface area contributed by atoms with Gasteiger partial charge in [-0.3, -0.25) is 4.79 Å². The fourth-order valence-electron chi connectivity index (χ4n) is 1.57. The van der Waals surface area contributed by atoms with E-state index >= 15 is 0 Å². The molecule has 1 N–H and O–H groups in total. The first kappa shape index (κ1) is 15.5. The van der Waals surface area contributed by atoms with E-state index in [1.54, 1.807) is 6.07 Å². The second kappa shape index (κ2) is 7.12. The van der Waals surface area contributed by atoms with Crippen LogP contribution >= 0.6 is 0 Å². The summed E-state index contributed by atoms with van der Waals surface area (Å²) in [6.07, 6.45) is 0.809. The molecule has 0 heterocycles. The number of carbonyl (C=O) groups excluding carboxylic acids is 1. The maximum atomic E-state index is 13.7. The molecular formula is C15H22FNO2. The van der Waals surface area contributed by atoms with Crippen molar-refractivity contribution in [2.24, 2.45) is 5.92 Å². The summed E-state index contributed by atoms with van der Waals surface area (Å²) < 4.78 is 19.0. The van der Waals surface area contributed by atoms with Gasteiger partial charge in [0.05, 0.1) is 6.10 Å². The molecule has 1 aromatic rings. The summed E-state index contributed by atoms with van der Waals surface area (Å²) in [7, 11) is 0. The van der Waals surface area contributed by atoms with Gasteiger partial charge in [-0.1, -0.05) is 13.8 Å². The van der Waals surface area contributed by atoms with Gasteiger partial charge in [-0.05, 0) is 44.4 Å². The van der Waals surface area contributed by atoms with Gasteiger partial charge in [0.1, 0.15) is 0 Å². The molecule has 0 atom stereocenters. The molecule has 106 valence electrons. The zero-order chi connectivity index (χ0) is 14.4. The maximum absolute atomic E-state index is 13.7. The molecule has 0 spiro atoms. The Morgan fingerprint density at radius 1 is 1.32 bits per heavy atom. The SMILES string of the molecule is CC(C)CCNC(=O)c1ccc(OC(C)C)c(F)c1. The molecule has 1 amide bonds. The molecule has 0 aromatic heterocycles. The van der Waals surface area contributed by atoms with Crippen LogP contribution in [0.4, 0.5) is 4.39 Å². The normalized spacial score (nSPS) is 10.9. The van der Waals surface area contributed by atoms with Crippen LogP contribution < -0.4 is 10.1 Å². The van der Waals surface area contributed by atoms with Gasteiger partial charge in [0, 0.05) is 12.1 Å². The van der Waals surface area contributed by atoms with Crippen molar-refractivity contribution in [3.05, 3.63) is 29.6 Å². The fourth-order valence-corrected chi connectivity index (χ4v) is 1.57. The molecule has 3 nitrogen and oxygen atoms in total. The Morgan fingerprint density at radius 3 is 2.53 bits per heavy atom. The summed E-state index contributed by atoms with van der Waals surface area (Å²) in [6.45, 7) is 8.42. The number of halogens is 1. The molecular weight excluding hydrogens is 245 g/mol. The van der Waals surface area contributed by atoms with Crippen LogP contribution in [0.2, 0.25) is 0 Å². The van der Waals surface area contributed by atoms with E-state index in [2.05, 4.69) is 19.2 Å². The lowest BCUT2D eigenvalue weighted by Gasteiger charge is -2.12. The second-order valence-electron chi connectivity index (χ2n) is 5.25. The Hall–Kier alpha value is -1.58. The highest BCUT2D eigenvalue weighted by molar-refractivity contribution is 5.94. The van der Waals surface area contributed by atoms with Gasteiger partial charge in [-0.15, -0.1) is 0 Å². The number of benzene rings is 1. The molecule has 0 radical (unpaired) electrons. The van der Waals surface area contributed by atoms with Crippen LogP contribution in [-0.4, -0.2) is 18.6 Å². The summed E-state index contributed by atoms with van der Waals surface area (Å²) >= 11 is 0. The highest BCUT2D eigenvalue weighted by atomic mass is 19.1. The third-order valence-electron chi connectivity index (χ3n) is 2.56. The second-order valence-corrected chi connectivity index (χ2v) is 5.25. The maximum Gasteiger partial charge on any atom is 0.251 e. The van der Waals surface area contributed by atoms with Crippen LogP contribution in [-0.2, 0) is 0 Å². The van der Waals surface area contributed by atoms with Crippen molar-refractivity contribution in [3.8, 4) is 5.75 Å². The zero-order valence-corrected chi connectivity index (χ0v) is 12.0. The topological polar surface area (TPSA) is 38.3 Å². The predicted octanol–water partition coefficient (Wildman–Crippen LogP) is 3.39. The van der Waals surface area contributed by atoms with E-state index in [1.165, 1.54) is 12.1 Å². The average Bonchev–Trinajstić information content (AvgIpc) is 2.30. The molecule has 0 bridgehead atoms. The number of hydrogen-bond acceptors (Lipinski definition) is 2. The van der Waals surface area contributed by atoms with Gasteiger partial charge in [-0.25, -0.2) is 4.39 Å². The number of nitrogens with one attached hydrogen (secondary N) is 1. The summed E-state index contributed by atoms with van der Waals surface area (Å²) in [5.74, 6) is -0.0616. The molecule has 4 heteroatoms. The van der Waals surface area contributed by atoms with Crippen molar-refractivity contribution in [1.29, 1.82) is 0 Å². The molecule has 1 rings (SSSR count). The van der Waals surface area contributed by atoms with Gasteiger partial charge in [0.2, 0.25) is 0 Å². The van der Waals surface area contributed by atoms with Crippen LogP contribution in [0.25, 0.3) is 0 Å². The Labute approximate surface area is 114 Å². The van der Waals surface area contributed by atoms with Crippen LogP contribution in [0.3, 0.4) is 0 Å². The minimum atomic E-state index is -0.509. The first-order valence-electron chi connectivity index (χ1n) is 6.64. The van der Waals surface area contributed by atoms with Crippen molar-refractivity contribution in [2.45, 2.75) is 40.2 Å². The predicted molar refractivity (Wildman–Crippen MR) is 74.0 cm³/mol. The average molecular weight is 267 g/mol. The molecule has 0 aliphatic heterocycles. The van der Waals surface area contributed by atoms with Crippen LogP contribution in [0.15, 0.2) is 18.2 Å². The van der Waals surface area contributed by atoms with Crippen LogP contribution in [0, 0.1) is 11.7 Å². The van der Waals surface area contributed by atoms with Gasteiger partial charge < -0.3 is 10.1 Å². The standard InChI is InChI=1S/C15H22FNO2/c1-10(2)7-8-17-15(18)12-5-6-14(13(16)9-12)19-11(3)4/h5-6,9-11H,7-8H2,1-4H3,(H,17,18). The Bertz CT molecular complexity index is 430. The van der Waals surface area contributed by atoms with Gasteiger partial charge in [0.25, 0.3) is 5.91 Å². The lowest BCUT2D eigenvalue weighted by Crippen LogP contribution is -2.25. The van der Waals surface area contributed by atoms with E-state index < -0.39 is 5.82 Å². The minimum absolute atomic E-state index is 0.0970. The molecule has 1 aromatic carbocycles. The van der Waals surface area contributed by atoms with Crippen LogP contribution in [0.1, 0.15) is 44.5 Å².